The quantitative estimate of drug-likeness (QED) is 0.867. The van der Waals surface area contributed by atoms with E-state index in [9.17, 15) is 14.7 Å². The second-order valence-corrected chi connectivity index (χ2v) is 4.78. The van der Waals surface area contributed by atoms with Gasteiger partial charge in [-0.2, -0.15) is 0 Å². The van der Waals surface area contributed by atoms with Gasteiger partial charge in [0.05, 0.1) is 0 Å². The van der Waals surface area contributed by atoms with Gasteiger partial charge in [0, 0.05) is 23.8 Å². The van der Waals surface area contributed by atoms with E-state index in [0.717, 1.165) is 0 Å². The lowest BCUT2D eigenvalue weighted by molar-refractivity contribution is -0.138. The third-order valence-corrected chi connectivity index (χ3v) is 3.55. The molecule has 0 aliphatic carbocycles. The number of carboxylic acid groups (broad SMARTS) is 1. The highest BCUT2D eigenvalue weighted by molar-refractivity contribution is 7.10. The average molecular weight is 279 g/mol. The molecule has 0 aliphatic heterocycles. The molecular formula is C12H13N3O3S. The minimum Gasteiger partial charge on any atom is -0.479 e. The van der Waals surface area contributed by atoms with Crippen LogP contribution in [0.5, 0.6) is 0 Å². The van der Waals surface area contributed by atoms with Gasteiger partial charge in [0.1, 0.15) is 0 Å². The van der Waals surface area contributed by atoms with Gasteiger partial charge < -0.3 is 15.0 Å². The summed E-state index contributed by atoms with van der Waals surface area (Å²) in [5, 5.41) is 13.7. The maximum atomic E-state index is 12.0. The number of hydrogen-bond donors (Lipinski definition) is 2. The predicted molar refractivity (Wildman–Crippen MR) is 72.5 cm³/mol. The van der Waals surface area contributed by atoms with Crippen LogP contribution in [0.2, 0.25) is 0 Å². The predicted octanol–water partition coefficient (Wildman–Crippen LogP) is 1.56. The lowest BCUT2D eigenvalue weighted by atomic mass is 10.2. The SMILES string of the molecule is CCn1ccnc(NC(C(=O)O)c2cccs2)c1=O. The summed E-state index contributed by atoms with van der Waals surface area (Å²) in [7, 11) is 0. The average Bonchev–Trinajstić information content (AvgIpc) is 2.90. The lowest BCUT2D eigenvalue weighted by Gasteiger charge is -2.13. The van der Waals surface area contributed by atoms with Crippen LogP contribution in [0.25, 0.3) is 0 Å². The van der Waals surface area contributed by atoms with Crippen molar-refractivity contribution in [2.75, 3.05) is 5.32 Å². The molecule has 2 N–H and O–H groups in total. The van der Waals surface area contributed by atoms with E-state index in [1.54, 1.807) is 23.7 Å². The van der Waals surface area contributed by atoms with Gasteiger partial charge in [0.2, 0.25) is 0 Å². The summed E-state index contributed by atoms with van der Waals surface area (Å²) in [4.78, 5) is 27.8. The number of aryl methyl sites for hydroxylation is 1. The molecular weight excluding hydrogens is 266 g/mol. The maximum absolute atomic E-state index is 12.0. The summed E-state index contributed by atoms with van der Waals surface area (Å²) in [6.07, 6.45) is 3.04. The van der Waals surface area contributed by atoms with E-state index in [1.807, 2.05) is 6.92 Å². The zero-order valence-electron chi connectivity index (χ0n) is 10.2. The first kappa shape index (κ1) is 13.3. The van der Waals surface area contributed by atoms with Crippen molar-refractivity contribution in [2.24, 2.45) is 0 Å². The molecule has 0 spiro atoms. The van der Waals surface area contributed by atoms with Crippen LogP contribution in [0.3, 0.4) is 0 Å². The van der Waals surface area contributed by atoms with Crippen LogP contribution < -0.4 is 10.9 Å². The van der Waals surface area contributed by atoms with Crippen molar-refractivity contribution in [3.05, 3.63) is 45.1 Å². The Hall–Kier alpha value is -2.15. The van der Waals surface area contributed by atoms with E-state index >= 15 is 0 Å². The number of anilines is 1. The standard InChI is InChI=1S/C12H13N3O3S/c1-2-15-6-5-13-10(11(15)16)14-9(12(17)18)8-4-3-7-19-8/h3-7,9H,2H2,1H3,(H,13,14)(H,17,18). The Morgan fingerprint density at radius 3 is 3.00 bits per heavy atom. The second kappa shape index (κ2) is 5.66. The number of hydrogen-bond acceptors (Lipinski definition) is 5. The highest BCUT2D eigenvalue weighted by atomic mass is 32.1. The van der Waals surface area contributed by atoms with Gasteiger partial charge in [-0.3, -0.25) is 4.79 Å². The number of thiophene rings is 1. The zero-order valence-corrected chi connectivity index (χ0v) is 11.1. The van der Waals surface area contributed by atoms with Crippen LogP contribution in [-0.4, -0.2) is 20.6 Å². The van der Waals surface area contributed by atoms with E-state index in [0.29, 0.717) is 11.4 Å². The molecule has 100 valence electrons. The monoisotopic (exact) mass is 279 g/mol. The molecule has 0 bridgehead atoms. The minimum absolute atomic E-state index is 0.0464. The van der Waals surface area contributed by atoms with Crippen molar-refractivity contribution in [2.45, 2.75) is 19.5 Å². The summed E-state index contributed by atoms with van der Waals surface area (Å²) in [5.74, 6) is -0.999. The Morgan fingerprint density at radius 2 is 2.42 bits per heavy atom. The van der Waals surface area contributed by atoms with Crippen LogP contribution in [0, 0.1) is 0 Å². The Morgan fingerprint density at radius 1 is 1.63 bits per heavy atom. The molecule has 1 atom stereocenters. The lowest BCUT2D eigenvalue weighted by Crippen LogP contribution is -2.28. The second-order valence-electron chi connectivity index (χ2n) is 3.80. The third kappa shape index (κ3) is 2.82. The van der Waals surface area contributed by atoms with Gasteiger partial charge >= 0.3 is 5.97 Å². The number of rotatable bonds is 5. The number of carbonyl (C=O) groups is 1. The Labute approximate surface area is 113 Å². The molecule has 7 heteroatoms. The Kier molecular flexibility index (Phi) is 3.96. The van der Waals surface area contributed by atoms with Gasteiger partial charge in [-0.1, -0.05) is 6.07 Å². The number of aliphatic carboxylic acids is 1. The summed E-state index contributed by atoms with van der Waals surface area (Å²) in [6.45, 7) is 2.34. The van der Waals surface area contributed by atoms with Gasteiger partial charge in [-0.25, -0.2) is 9.78 Å². The van der Waals surface area contributed by atoms with Crippen molar-refractivity contribution in [1.29, 1.82) is 0 Å². The summed E-state index contributed by atoms with van der Waals surface area (Å²) >= 11 is 1.31. The molecule has 0 aromatic carbocycles. The molecule has 0 radical (unpaired) electrons. The molecule has 2 aromatic heterocycles. The van der Waals surface area contributed by atoms with Gasteiger partial charge in [0.25, 0.3) is 5.56 Å². The molecule has 2 heterocycles. The van der Waals surface area contributed by atoms with E-state index in [2.05, 4.69) is 10.3 Å². The van der Waals surface area contributed by atoms with Crippen molar-refractivity contribution >= 4 is 23.1 Å². The molecule has 2 rings (SSSR count). The van der Waals surface area contributed by atoms with Crippen LogP contribution in [0.1, 0.15) is 17.8 Å². The summed E-state index contributed by atoms with van der Waals surface area (Å²) in [6, 6.07) is 2.51. The van der Waals surface area contributed by atoms with E-state index in [-0.39, 0.29) is 11.4 Å². The Bertz CT molecular complexity index is 621. The molecule has 0 saturated heterocycles. The molecule has 0 aliphatic rings. The molecule has 0 amide bonds. The smallest absolute Gasteiger partial charge is 0.331 e. The maximum Gasteiger partial charge on any atom is 0.331 e. The molecule has 2 aromatic rings. The summed E-state index contributed by atoms with van der Waals surface area (Å²) in [5.41, 5.74) is -0.326. The third-order valence-electron chi connectivity index (χ3n) is 2.61. The van der Waals surface area contributed by atoms with Crippen LogP contribution in [0.4, 0.5) is 5.82 Å². The van der Waals surface area contributed by atoms with E-state index < -0.39 is 12.0 Å². The van der Waals surface area contributed by atoms with E-state index in [4.69, 9.17) is 0 Å². The van der Waals surface area contributed by atoms with Gasteiger partial charge in [-0.05, 0) is 18.4 Å². The number of nitrogens with zero attached hydrogens (tertiary/aromatic N) is 2. The molecule has 6 nitrogen and oxygen atoms in total. The largest absolute Gasteiger partial charge is 0.479 e. The number of nitrogens with one attached hydrogen (secondary N) is 1. The minimum atomic E-state index is -1.05. The highest BCUT2D eigenvalue weighted by Crippen LogP contribution is 2.21. The fourth-order valence-corrected chi connectivity index (χ4v) is 2.41. The first-order chi connectivity index (χ1) is 9.13. The fourth-order valence-electron chi connectivity index (χ4n) is 1.64. The van der Waals surface area contributed by atoms with Gasteiger partial charge in [-0.15, -0.1) is 11.3 Å². The van der Waals surface area contributed by atoms with Crippen LogP contribution in [0.15, 0.2) is 34.7 Å². The number of carboxylic acids is 1. The first-order valence-electron chi connectivity index (χ1n) is 5.71. The van der Waals surface area contributed by atoms with Crippen molar-refractivity contribution < 1.29 is 9.90 Å². The Balaban J connectivity index is 2.33. The van der Waals surface area contributed by atoms with Crippen molar-refractivity contribution in [3.63, 3.8) is 0 Å². The highest BCUT2D eigenvalue weighted by Gasteiger charge is 2.22. The molecule has 1 unspecified atom stereocenters. The normalized spacial score (nSPS) is 12.1. The van der Waals surface area contributed by atoms with Crippen molar-refractivity contribution in [3.8, 4) is 0 Å². The summed E-state index contributed by atoms with van der Waals surface area (Å²) < 4.78 is 1.46. The van der Waals surface area contributed by atoms with Crippen molar-refractivity contribution in [1.82, 2.24) is 9.55 Å². The molecule has 0 fully saturated rings. The number of aromatic nitrogens is 2. The zero-order chi connectivity index (χ0) is 13.8. The molecule has 19 heavy (non-hydrogen) atoms. The fraction of sp³-hybridized carbons (Fsp3) is 0.250. The van der Waals surface area contributed by atoms with Crippen LogP contribution >= 0.6 is 11.3 Å². The van der Waals surface area contributed by atoms with E-state index in [1.165, 1.54) is 22.1 Å². The van der Waals surface area contributed by atoms with Crippen LogP contribution in [-0.2, 0) is 11.3 Å². The molecule has 0 saturated carbocycles. The first-order valence-corrected chi connectivity index (χ1v) is 6.59. The van der Waals surface area contributed by atoms with Gasteiger partial charge in [0.15, 0.2) is 11.9 Å². The topological polar surface area (TPSA) is 84.2 Å².